The highest BCUT2D eigenvalue weighted by Crippen LogP contribution is 2.33. The second-order valence-corrected chi connectivity index (χ2v) is 8.89. The summed E-state index contributed by atoms with van der Waals surface area (Å²) in [4.78, 5) is 17.2. The van der Waals surface area contributed by atoms with Gasteiger partial charge in [0.2, 0.25) is 5.89 Å². The minimum atomic E-state index is -0.213. The van der Waals surface area contributed by atoms with Gasteiger partial charge in [-0.25, -0.2) is 4.98 Å². The van der Waals surface area contributed by atoms with Gasteiger partial charge < -0.3 is 14.8 Å². The van der Waals surface area contributed by atoms with Crippen LogP contribution in [-0.4, -0.2) is 16.0 Å². The number of carbonyl (C=O) groups is 1. The van der Waals surface area contributed by atoms with Crippen LogP contribution in [0, 0.1) is 7.14 Å². The van der Waals surface area contributed by atoms with Crippen LogP contribution < -0.4 is 5.32 Å². The second-order valence-electron chi connectivity index (χ2n) is 6.48. The zero-order chi connectivity index (χ0) is 20.5. The van der Waals surface area contributed by atoms with E-state index in [9.17, 15) is 9.90 Å². The maximum absolute atomic E-state index is 12.7. The minimum absolute atomic E-state index is 0.0362. The van der Waals surface area contributed by atoms with E-state index in [1.807, 2.05) is 36.4 Å². The van der Waals surface area contributed by atoms with E-state index in [1.165, 1.54) is 6.07 Å². The number of nitrogens with one attached hydrogen (secondary N) is 1. The Morgan fingerprint density at radius 1 is 1.10 bits per heavy atom. The van der Waals surface area contributed by atoms with Crippen LogP contribution in [-0.2, 0) is 6.42 Å². The van der Waals surface area contributed by atoms with Gasteiger partial charge in [0.25, 0.3) is 5.91 Å². The van der Waals surface area contributed by atoms with Crippen molar-refractivity contribution in [2.75, 3.05) is 5.32 Å². The molecule has 3 aromatic carbocycles. The van der Waals surface area contributed by atoms with Gasteiger partial charge in [-0.15, -0.1) is 0 Å². The lowest BCUT2D eigenvalue weighted by Crippen LogP contribution is -2.13. The first-order chi connectivity index (χ1) is 13.9. The summed E-state index contributed by atoms with van der Waals surface area (Å²) in [7, 11) is 0. The maximum Gasteiger partial charge on any atom is 0.256 e. The Morgan fingerprint density at radius 2 is 1.93 bits per heavy atom. The fourth-order valence-electron chi connectivity index (χ4n) is 2.96. The average Bonchev–Trinajstić information content (AvgIpc) is 3.14. The lowest BCUT2D eigenvalue weighted by molar-refractivity contribution is 0.102. The number of halogens is 2. The topological polar surface area (TPSA) is 75.4 Å². The molecule has 0 saturated carbocycles. The molecular formula is C22H16I2N2O3. The van der Waals surface area contributed by atoms with E-state index in [0.717, 1.165) is 24.6 Å². The molecule has 0 fully saturated rings. The number of aryl methyl sites for hydroxylation is 1. The fraction of sp³-hybridized carbons (Fsp3) is 0.0909. The molecule has 0 aliphatic heterocycles. The molecule has 1 aromatic heterocycles. The molecule has 0 aliphatic rings. The van der Waals surface area contributed by atoms with Gasteiger partial charge in [-0.3, -0.25) is 4.79 Å². The van der Waals surface area contributed by atoms with Crippen molar-refractivity contribution in [2.45, 2.75) is 13.3 Å². The van der Waals surface area contributed by atoms with Crippen LogP contribution in [0.5, 0.6) is 5.75 Å². The summed E-state index contributed by atoms with van der Waals surface area (Å²) in [6.07, 6.45) is 0.905. The predicted molar refractivity (Wildman–Crippen MR) is 130 cm³/mol. The number of amides is 1. The standard InChI is InChI=1S/C22H16I2N2O3/c1-2-12-3-8-20-18(9-12)26-22(29-20)16-11-14(5-7-19(16)27)25-21(28)15-10-13(23)4-6-17(15)24/h3-11,27H,2H2,1H3,(H,25,28). The number of rotatable bonds is 4. The van der Waals surface area contributed by atoms with Crippen LogP contribution >= 0.6 is 45.2 Å². The van der Waals surface area contributed by atoms with Gasteiger partial charge in [0.1, 0.15) is 11.3 Å². The van der Waals surface area contributed by atoms with Crippen molar-refractivity contribution in [1.82, 2.24) is 4.98 Å². The third kappa shape index (κ3) is 4.25. The van der Waals surface area contributed by atoms with E-state index < -0.39 is 0 Å². The van der Waals surface area contributed by atoms with E-state index in [1.54, 1.807) is 12.1 Å². The number of oxazole rings is 1. The molecule has 0 spiro atoms. The van der Waals surface area contributed by atoms with E-state index in [0.29, 0.717) is 28.3 Å². The quantitative estimate of drug-likeness (QED) is 0.213. The number of hydrogen-bond donors (Lipinski definition) is 2. The summed E-state index contributed by atoms with van der Waals surface area (Å²) in [6.45, 7) is 2.08. The number of nitrogens with zero attached hydrogens (tertiary/aromatic N) is 1. The van der Waals surface area contributed by atoms with Crippen LogP contribution in [0.2, 0.25) is 0 Å². The van der Waals surface area contributed by atoms with Crippen molar-refractivity contribution in [3.8, 4) is 17.2 Å². The number of fused-ring (bicyclic) bond motifs is 1. The number of hydrogen-bond acceptors (Lipinski definition) is 4. The van der Waals surface area contributed by atoms with Crippen LogP contribution in [0.3, 0.4) is 0 Å². The molecule has 5 nitrogen and oxygen atoms in total. The lowest BCUT2D eigenvalue weighted by Gasteiger charge is -2.09. The average molecular weight is 610 g/mol. The highest BCUT2D eigenvalue weighted by molar-refractivity contribution is 14.1. The molecule has 146 valence electrons. The molecule has 0 bridgehead atoms. The van der Waals surface area contributed by atoms with Crippen molar-refractivity contribution in [1.29, 1.82) is 0 Å². The zero-order valence-electron chi connectivity index (χ0n) is 15.4. The zero-order valence-corrected chi connectivity index (χ0v) is 19.7. The third-order valence-corrected chi connectivity index (χ3v) is 6.13. The highest BCUT2D eigenvalue weighted by Gasteiger charge is 2.16. The third-order valence-electron chi connectivity index (χ3n) is 4.52. The summed E-state index contributed by atoms with van der Waals surface area (Å²) in [5, 5.41) is 13.2. The SMILES string of the molecule is CCc1ccc2oc(-c3cc(NC(=O)c4cc(I)ccc4I)ccc3O)nc2c1. The first-order valence-corrected chi connectivity index (χ1v) is 11.1. The van der Waals surface area contributed by atoms with E-state index in [2.05, 4.69) is 62.4 Å². The molecule has 2 N–H and O–H groups in total. The molecule has 0 unspecified atom stereocenters. The fourth-order valence-corrected chi connectivity index (χ4v) is 4.03. The van der Waals surface area contributed by atoms with Crippen molar-refractivity contribution < 1.29 is 14.3 Å². The first-order valence-electron chi connectivity index (χ1n) is 8.94. The molecule has 1 heterocycles. The molecule has 1 amide bonds. The molecule has 29 heavy (non-hydrogen) atoms. The monoisotopic (exact) mass is 610 g/mol. The Bertz CT molecular complexity index is 1230. The highest BCUT2D eigenvalue weighted by atomic mass is 127. The lowest BCUT2D eigenvalue weighted by atomic mass is 10.1. The Hall–Kier alpha value is -2.14. The van der Waals surface area contributed by atoms with Gasteiger partial charge in [-0.2, -0.15) is 0 Å². The molecule has 4 aromatic rings. The molecule has 0 atom stereocenters. The predicted octanol–water partition coefficient (Wildman–Crippen LogP) is 6.22. The molecular weight excluding hydrogens is 594 g/mol. The van der Waals surface area contributed by atoms with Crippen molar-refractivity contribution >= 4 is 67.9 Å². The largest absolute Gasteiger partial charge is 0.507 e. The Morgan fingerprint density at radius 3 is 2.72 bits per heavy atom. The molecule has 0 aliphatic carbocycles. The summed E-state index contributed by atoms with van der Waals surface area (Å²) in [5.74, 6) is 0.134. The van der Waals surface area contributed by atoms with Crippen molar-refractivity contribution in [2.24, 2.45) is 0 Å². The molecule has 0 radical (unpaired) electrons. The second kappa shape index (κ2) is 8.31. The molecule has 0 saturated heterocycles. The van der Waals surface area contributed by atoms with E-state index >= 15 is 0 Å². The van der Waals surface area contributed by atoms with Crippen LogP contribution in [0.25, 0.3) is 22.6 Å². The number of aromatic nitrogens is 1. The maximum atomic E-state index is 12.7. The van der Waals surface area contributed by atoms with Gasteiger partial charge in [-0.05, 0) is 106 Å². The van der Waals surface area contributed by atoms with Gasteiger partial charge in [0.05, 0.1) is 11.1 Å². The number of benzene rings is 3. The number of phenolic OH excluding ortho intramolecular Hbond substituents is 1. The van der Waals surface area contributed by atoms with E-state index in [4.69, 9.17) is 4.42 Å². The Kier molecular flexibility index (Phi) is 5.77. The smallest absolute Gasteiger partial charge is 0.256 e. The number of aromatic hydroxyl groups is 1. The summed E-state index contributed by atoms with van der Waals surface area (Å²) < 4.78 is 7.68. The number of phenols is 1. The normalized spacial score (nSPS) is 11.0. The van der Waals surface area contributed by atoms with Crippen LogP contribution in [0.4, 0.5) is 5.69 Å². The Labute approximate surface area is 194 Å². The van der Waals surface area contributed by atoms with Crippen LogP contribution in [0.15, 0.2) is 59.0 Å². The Balaban J connectivity index is 1.67. The van der Waals surface area contributed by atoms with Crippen molar-refractivity contribution in [3.63, 3.8) is 0 Å². The van der Waals surface area contributed by atoms with Crippen LogP contribution in [0.1, 0.15) is 22.8 Å². The summed E-state index contributed by atoms with van der Waals surface area (Å²) in [5.41, 5.74) is 4.13. The molecule has 7 heteroatoms. The summed E-state index contributed by atoms with van der Waals surface area (Å²) in [6, 6.07) is 16.4. The minimum Gasteiger partial charge on any atom is -0.507 e. The first kappa shape index (κ1) is 20.1. The van der Waals surface area contributed by atoms with Gasteiger partial charge in [0, 0.05) is 12.8 Å². The van der Waals surface area contributed by atoms with E-state index in [-0.39, 0.29) is 11.7 Å². The van der Waals surface area contributed by atoms with Gasteiger partial charge >= 0.3 is 0 Å². The number of carbonyl (C=O) groups excluding carboxylic acids is 1. The summed E-state index contributed by atoms with van der Waals surface area (Å²) >= 11 is 4.32. The van der Waals surface area contributed by atoms with Crippen molar-refractivity contribution in [3.05, 3.63) is 72.9 Å². The van der Waals surface area contributed by atoms with Gasteiger partial charge in [0.15, 0.2) is 5.58 Å². The number of anilines is 1. The molecule has 4 rings (SSSR count). The van der Waals surface area contributed by atoms with Gasteiger partial charge in [-0.1, -0.05) is 13.0 Å².